The fourth-order valence-corrected chi connectivity index (χ4v) is 4.05. The molecular weight excluding hydrogens is 422 g/mol. The number of carbonyl (C=O) groups excluding carboxylic acids is 2. The lowest BCUT2D eigenvalue weighted by Crippen LogP contribution is -2.32. The van der Waals surface area contributed by atoms with Crippen LogP contribution in [0.2, 0.25) is 5.02 Å². The molecule has 1 saturated heterocycles. The van der Waals surface area contributed by atoms with Crippen molar-refractivity contribution in [2.45, 2.75) is 6.92 Å². The van der Waals surface area contributed by atoms with Crippen LogP contribution in [-0.4, -0.2) is 29.2 Å². The van der Waals surface area contributed by atoms with E-state index in [1.807, 2.05) is 61.5 Å². The van der Waals surface area contributed by atoms with Gasteiger partial charge >= 0.3 is 0 Å². The molecule has 152 valence electrons. The molecule has 4 rings (SSSR count). The number of nitrogens with zero attached hydrogens (tertiary/aromatic N) is 1. The van der Waals surface area contributed by atoms with E-state index in [-0.39, 0.29) is 24.3 Å². The van der Waals surface area contributed by atoms with Crippen LogP contribution in [0.5, 0.6) is 5.75 Å². The number of amides is 2. The topological polar surface area (TPSA) is 59.8 Å². The zero-order valence-corrected chi connectivity index (χ0v) is 17.7. The summed E-state index contributed by atoms with van der Waals surface area (Å²) in [5.74, 6) is 1.49. The average Bonchev–Trinajstić information content (AvgIpc) is 3.30. The van der Waals surface area contributed by atoms with E-state index in [1.54, 1.807) is 12.1 Å². The summed E-state index contributed by atoms with van der Waals surface area (Å²) in [4.78, 5) is 26.4. The number of carbonyl (C=O) groups is 2. The van der Waals surface area contributed by atoms with Crippen LogP contribution in [0.25, 0.3) is 17.4 Å². The molecule has 5 nitrogen and oxygen atoms in total. The zero-order valence-electron chi connectivity index (χ0n) is 16.1. The zero-order chi connectivity index (χ0) is 21.1. The molecule has 1 fully saturated rings. The van der Waals surface area contributed by atoms with Crippen molar-refractivity contribution in [3.63, 3.8) is 0 Å². The molecule has 2 aromatic carbocycles. The van der Waals surface area contributed by atoms with Gasteiger partial charge in [-0.2, -0.15) is 0 Å². The molecule has 0 unspecified atom stereocenters. The Kier molecular flexibility index (Phi) is 5.97. The SMILES string of the molecule is Cc1ccc(Cl)cc1-c1ccc(/C=C2\SC(=O)N(CCOc3ccccc3)C2=O)o1. The maximum atomic E-state index is 12.6. The summed E-state index contributed by atoms with van der Waals surface area (Å²) in [6.45, 7) is 2.38. The first-order valence-corrected chi connectivity index (χ1v) is 10.5. The third-order valence-corrected chi connectivity index (χ3v) is 5.71. The molecule has 1 aromatic heterocycles. The Bertz CT molecular complexity index is 1120. The maximum absolute atomic E-state index is 12.6. The number of hydrogen-bond donors (Lipinski definition) is 0. The summed E-state index contributed by atoms with van der Waals surface area (Å²) in [7, 11) is 0. The Labute approximate surface area is 183 Å². The van der Waals surface area contributed by atoms with E-state index >= 15 is 0 Å². The Hall–Kier alpha value is -2.96. The molecule has 0 atom stereocenters. The van der Waals surface area contributed by atoms with Gasteiger partial charge in [0.25, 0.3) is 11.1 Å². The second-order valence-corrected chi connectivity index (χ2v) is 8.09. The van der Waals surface area contributed by atoms with Gasteiger partial charge in [0.05, 0.1) is 11.4 Å². The lowest BCUT2D eigenvalue weighted by atomic mass is 10.1. The molecule has 1 aliphatic rings. The molecule has 2 heterocycles. The molecule has 30 heavy (non-hydrogen) atoms. The maximum Gasteiger partial charge on any atom is 0.293 e. The normalized spacial score (nSPS) is 15.3. The van der Waals surface area contributed by atoms with E-state index in [0.29, 0.717) is 27.2 Å². The van der Waals surface area contributed by atoms with Crippen LogP contribution in [0.1, 0.15) is 11.3 Å². The van der Waals surface area contributed by atoms with E-state index in [1.165, 1.54) is 4.90 Å². The highest BCUT2D eigenvalue weighted by Gasteiger charge is 2.35. The Morgan fingerprint density at radius 3 is 2.70 bits per heavy atom. The summed E-state index contributed by atoms with van der Waals surface area (Å²) >= 11 is 6.98. The monoisotopic (exact) mass is 439 g/mol. The summed E-state index contributed by atoms with van der Waals surface area (Å²) in [6.07, 6.45) is 1.59. The first-order valence-electron chi connectivity index (χ1n) is 9.31. The van der Waals surface area contributed by atoms with Gasteiger partial charge in [-0.3, -0.25) is 14.5 Å². The van der Waals surface area contributed by atoms with Gasteiger partial charge in [-0.05, 0) is 60.6 Å². The molecule has 0 radical (unpaired) electrons. The standard InChI is InChI=1S/C23H18ClNO4S/c1-15-7-8-16(24)13-19(15)20-10-9-18(29-20)14-21-22(26)25(23(27)30-21)11-12-28-17-5-3-2-4-6-17/h2-10,13-14H,11-12H2,1H3/b21-14-. The number of halogens is 1. The number of thioether (sulfide) groups is 1. The van der Waals surface area contributed by atoms with Gasteiger partial charge in [0.15, 0.2) is 0 Å². The van der Waals surface area contributed by atoms with Crippen molar-refractivity contribution in [2.75, 3.05) is 13.2 Å². The number of furan rings is 1. The molecule has 0 saturated carbocycles. The van der Waals surface area contributed by atoms with E-state index in [9.17, 15) is 9.59 Å². The van der Waals surface area contributed by atoms with Crippen LogP contribution in [0.3, 0.4) is 0 Å². The van der Waals surface area contributed by atoms with Crippen molar-refractivity contribution in [1.82, 2.24) is 4.90 Å². The van der Waals surface area contributed by atoms with Gasteiger partial charge in [-0.25, -0.2) is 0 Å². The Morgan fingerprint density at radius 2 is 1.90 bits per heavy atom. The molecule has 2 amide bonds. The number of aryl methyl sites for hydroxylation is 1. The second kappa shape index (κ2) is 8.81. The minimum Gasteiger partial charge on any atom is -0.492 e. The van der Waals surface area contributed by atoms with Crippen LogP contribution < -0.4 is 4.74 Å². The molecular formula is C23H18ClNO4S. The van der Waals surface area contributed by atoms with Crippen LogP contribution in [-0.2, 0) is 4.79 Å². The van der Waals surface area contributed by atoms with Gasteiger partial charge < -0.3 is 9.15 Å². The minimum atomic E-state index is -0.349. The lowest BCUT2D eigenvalue weighted by Gasteiger charge is -2.13. The molecule has 0 N–H and O–H groups in total. The van der Waals surface area contributed by atoms with Gasteiger partial charge in [-0.1, -0.05) is 35.9 Å². The molecule has 1 aliphatic heterocycles. The summed E-state index contributed by atoms with van der Waals surface area (Å²) in [6, 6.07) is 18.4. The van der Waals surface area contributed by atoms with E-state index in [2.05, 4.69) is 0 Å². The third-order valence-electron chi connectivity index (χ3n) is 4.57. The van der Waals surface area contributed by atoms with Crippen LogP contribution in [0.4, 0.5) is 4.79 Å². The lowest BCUT2D eigenvalue weighted by molar-refractivity contribution is -0.123. The number of benzene rings is 2. The van der Waals surface area contributed by atoms with Gasteiger partial charge in [0, 0.05) is 16.7 Å². The number of rotatable bonds is 6. The van der Waals surface area contributed by atoms with E-state index in [4.69, 9.17) is 20.8 Å². The fraction of sp³-hybridized carbons (Fsp3) is 0.130. The third kappa shape index (κ3) is 4.45. The smallest absolute Gasteiger partial charge is 0.293 e. The summed E-state index contributed by atoms with van der Waals surface area (Å²) in [5.41, 5.74) is 1.91. The van der Waals surface area contributed by atoms with Crippen molar-refractivity contribution >= 4 is 40.6 Å². The average molecular weight is 440 g/mol. The van der Waals surface area contributed by atoms with Gasteiger partial charge in [0.2, 0.25) is 0 Å². The van der Waals surface area contributed by atoms with Crippen molar-refractivity contribution in [3.8, 4) is 17.1 Å². The minimum absolute atomic E-state index is 0.183. The highest BCUT2D eigenvalue weighted by Crippen LogP contribution is 2.34. The highest BCUT2D eigenvalue weighted by atomic mass is 35.5. The largest absolute Gasteiger partial charge is 0.492 e. The van der Waals surface area contributed by atoms with E-state index < -0.39 is 0 Å². The van der Waals surface area contributed by atoms with Crippen molar-refractivity contribution in [2.24, 2.45) is 0 Å². The molecule has 0 aliphatic carbocycles. The Balaban J connectivity index is 1.44. The summed E-state index contributed by atoms with van der Waals surface area (Å²) < 4.78 is 11.5. The van der Waals surface area contributed by atoms with Gasteiger partial charge in [-0.15, -0.1) is 0 Å². The molecule has 3 aromatic rings. The molecule has 0 bridgehead atoms. The number of hydrogen-bond acceptors (Lipinski definition) is 5. The number of imide groups is 1. The molecule has 0 spiro atoms. The van der Waals surface area contributed by atoms with Crippen LogP contribution in [0, 0.1) is 6.92 Å². The fourth-order valence-electron chi connectivity index (χ4n) is 3.03. The van der Waals surface area contributed by atoms with Crippen LogP contribution >= 0.6 is 23.4 Å². The quantitative estimate of drug-likeness (QED) is 0.439. The first kappa shape index (κ1) is 20.3. The van der Waals surface area contributed by atoms with Crippen LogP contribution in [0.15, 0.2) is 70.0 Å². The highest BCUT2D eigenvalue weighted by molar-refractivity contribution is 8.18. The predicted octanol–water partition coefficient (Wildman–Crippen LogP) is 6.02. The predicted molar refractivity (Wildman–Crippen MR) is 119 cm³/mol. The number of para-hydroxylation sites is 1. The Morgan fingerprint density at radius 1 is 1.10 bits per heavy atom. The molecule has 7 heteroatoms. The van der Waals surface area contributed by atoms with Crippen molar-refractivity contribution in [1.29, 1.82) is 0 Å². The summed E-state index contributed by atoms with van der Waals surface area (Å²) in [5, 5.41) is 0.299. The van der Waals surface area contributed by atoms with Crippen molar-refractivity contribution in [3.05, 3.63) is 81.9 Å². The second-order valence-electron chi connectivity index (χ2n) is 6.66. The number of ether oxygens (including phenoxy) is 1. The van der Waals surface area contributed by atoms with Gasteiger partial charge in [0.1, 0.15) is 23.9 Å². The van der Waals surface area contributed by atoms with E-state index in [0.717, 1.165) is 22.9 Å². The van der Waals surface area contributed by atoms with Crippen molar-refractivity contribution < 1.29 is 18.7 Å². The first-order chi connectivity index (χ1) is 14.5.